The maximum atomic E-state index is 11.2. The molecule has 0 aromatic carbocycles. The van der Waals surface area contributed by atoms with E-state index in [0.717, 1.165) is 6.42 Å². The van der Waals surface area contributed by atoms with Crippen LogP contribution in [0.25, 0.3) is 0 Å². The Hall–Kier alpha value is -0.880. The van der Waals surface area contributed by atoms with E-state index in [0.29, 0.717) is 6.42 Å². The smallest absolute Gasteiger partial charge is 0.312 e. The van der Waals surface area contributed by atoms with Crippen molar-refractivity contribution in [1.29, 1.82) is 0 Å². The van der Waals surface area contributed by atoms with Crippen molar-refractivity contribution in [2.45, 2.75) is 12.8 Å². The van der Waals surface area contributed by atoms with Crippen LogP contribution in [0.3, 0.4) is 0 Å². The summed E-state index contributed by atoms with van der Waals surface area (Å²) in [6.07, 6.45) is 5.19. The highest BCUT2D eigenvalue weighted by atomic mass is 32.2. The fourth-order valence-corrected chi connectivity index (χ4v) is 1.48. The molecular weight excluding hydrogens is 208 g/mol. The van der Waals surface area contributed by atoms with Gasteiger partial charge in [-0.15, -0.1) is 0 Å². The summed E-state index contributed by atoms with van der Waals surface area (Å²) >= 11 is 0. The Kier molecular flexibility index (Phi) is 3.65. The molecule has 0 aliphatic heterocycles. The molecule has 0 bridgehead atoms. The lowest BCUT2D eigenvalue weighted by molar-refractivity contribution is -0.146. The minimum atomic E-state index is -4.04. The number of ether oxygens (including phenoxy) is 1. The second-order valence-electron chi connectivity index (χ2n) is 3.07. The summed E-state index contributed by atoms with van der Waals surface area (Å²) in [5.74, 6) is -1.23. The van der Waals surface area contributed by atoms with Gasteiger partial charge >= 0.3 is 5.97 Å². The molecule has 0 spiro atoms. The predicted octanol–water partition coefficient (Wildman–Crippen LogP) is 0.384. The van der Waals surface area contributed by atoms with E-state index < -0.39 is 21.8 Å². The highest BCUT2D eigenvalue weighted by Gasteiger charge is 2.19. The molecule has 14 heavy (non-hydrogen) atoms. The summed E-state index contributed by atoms with van der Waals surface area (Å²) in [5, 5.41) is 0. The summed E-state index contributed by atoms with van der Waals surface area (Å²) in [4.78, 5) is 11.2. The number of esters is 1. The maximum Gasteiger partial charge on any atom is 0.312 e. The van der Waals surface area contributed by atoms with Crippen molar-refractivity contribution in [2.75, 3.05) is 12.4 Å². The van der Waals surface area contributed by atoms with E-state index in [9.17, 15) is 13.2 Å². The lowest BCUT2D eigenvalue weighted by Gasteiger charge is -2.07. The van der Waals surface area contributed by atoms with E-state index in [2.05, 4.69) is 4.74 Å². The molecule has 1 rings (SSSR count). The maximum absolute atomic E-state index is 11.2. The highest BCUT2D eigenvalue weighted by molar-refractivity contribution is 7.85. The summed E-state index contributed by atoms with van der Waals surface area (Å²) in [7, 11) is -4.04. The van der Waals surface area contributed by atoms with Gasteiger partial charge in [0, 0.05) is 0 Å². The third-order valence-corrected chi connectivity index (χ3v) is 2.58. The number of carbonyl (C=O) groups excluding carboxylic acids is 1. The Morgan fingerprint density at radius 2 is 2.29 bits per heavy atom. The van der Waals surface area contributed by atoms with Gasteiger partial charge in [0.05, 0.1) is 5.92 Å². The number of carbonyl (C=O) groups is 1. The lowest BCUT2D eigenvalue weighted by Crippen LogP contribution is -2.19. The molecule has 1 N–H and O–H groups in total. The highest BCUT2D eigenvalue weighted by Crippen LogP contribution is 2.17. The van der Waals surface area contributed by atoms with Crippen LogP contribution < -0.4 is 0 Å². The first-order valence-electron chi connectivity index (χ1n) is 4.27. The van der Waals surface area contributed by atoms with Crippen LogP contribution in [0.5, 0.6) is 0 Å². The van der Waals surface area contributed by atoms with Crippen LogP contribution in [0.4, 0.5) is 0 Å². The molecule has 0 amide bonds. The molecule has 0 aromatic rings. The van der Waals surface area contributed by atoms with Crippen LogP contribution in [-0.2, 0) is 19.6 Å². The number of hydrogen-bond donors (Lipinski definition) is 1. The van der Waals surface area contributed by atoms with Gasteiger partial charge in [0.25, 0.3) is 10.1 Å². The Bertz CT molecular complexity index is 330. The van der Waals surface area contributed by atoms with Crippen molar-refractivity contribution in [3.8, 4) is 0 Å². The molecule has 0 saturated carbocycles. The summed E-state index contributed by atoms with van der Waals surface area (Å²) in [6, 6.07) is 0. The zero-order chi connectivity index (χ0) is 10.6. The molecule has 0 heterocycles. The van der Waals surface area contributed by atoms with E-state index in [-0.39, 0.29) is 12.5 Å². The van der Waals surface area contributed by atoms with Gasteiger partial charge in [0.2, 0.25) is 0 Å². The summed E-state index contributed by atoms with van der Waals surface area (Å²) < 4.78 is 33.6. The zero-order valence-corrected chi connectivity index (χ0v) is 8.37. The average molecular weight is 220 g/mol. The van der Waals surface area contributed by atoms with Crippen LogP contribution >= 0.6 is 0 Å². The number of hydrogen-bond acceptors (Lipinski definition) is 4. The molecule has 5 nitrogen and oxygen atoms in total. The molecule has 80 valence electrons. The molecule has 0 aromatic heterocycles. The van der Waals surface area contributed by atoms with Crippen molar-refractivity contribution >= 4 is 16.1 Å². The molecule has 6 heteroatoms. The summed E-state index contributed by atoms with van der Waals surface area (Å²) in [5.41, 5.74) is 0. The predicted molar refractivity (Wildman–Crippen MR) is 49.2 cm³/mol. The molecule has 0 saturated heterocycles. The van der Waals surface area contributed by atoms with Crippen LogP contribution in [0, 0.1) is 5.92 Å². The SMILES string of the molecule is O=C(OCCS(=O)(=O)O)C1C=CCC1. The van der Waals surface area contributed by atoms with E-state index in [1.165, 1.54) is 0 Å². The second kappa shape index (κ2) is 4.56. The fourth-order valence-electron chi connectivity index (χ4n) is 1.18. The average Bonchev–Trinajstić information content (AvgIpc) is 2.53. The van der Waals surface area contributed by atoms with Crippen molar-refractivity contribution in [2.24, 2.45) is 5.92 Å². The third-order valence-electron chi connectivity index (χ3n) is 1.90. The van der Waals surface area contributed by atoms with Crippen LogP contribution in [0.2, 0.25) is 0 Å². The van der Waals surface area contributed by atoms with Crippen molar-refractivity contribution < 1.29 is 22.5 Å². The van der Waals surface area contributed by atoms with Crippen molar-refractivity contribution in [1.82, 2.24) is 0 Å². The Morgan fingerprint density at radius 1 is 1.57 bits per heavy atom. The standard InChI is InChI=1S/C8H12O5S/c9-8(7-3-1-2-4-7)13-5-6-14(10,11)12/h1,3,7H,2,4-6H2,(H,10,11,12). The van der Waals surface area contributed by atoms with Crippen LogP contribution in [0.1, 0.15) is 12.8 Å². The molecule has 0 radical (unpaired) electrons. The number of allylic oxidation sites excluding steroid dienone is 1. The quantitative estimate of drug-likeness (QED) is 0.421. The second-order valence-corrected chi connectivity index (χ2v) is 4.64. The van der Waals surface area contributed by atoms with E-state index in [1.807, 2.05) is 6.08 Å². The van der Waals surface area contributed by atoms with Gasteiger partial charge in [-0.1, -0.05) is 12.2 Å². The number of rotatable bonds is 4. The van der Waals surface area contributed by atoms with Crippen LogP contribution in [-0.4, -0.2) is 31.3 Å². The molecule has 0 fully saturated rings. The Labute approximate surface area is 82.5 Å². The van der Waals surface area contributed by atoms with E-state index >= 15 is 0 Å². The van der Waals surface area contributed by atoms with Gasteiger partial charge in [0.15, 0.2) is 0 Å². The molecule has 1 unspecified atom stereocenters. The minimum absolute atomic E-state index is 0.253. The first kappa shape index (κ1) is 11.2. The van der Waals surface area contributed by atoms with Crippen molar-refractivity contribution in [3.63, 3.8) is 0 Å². The lowest BCUT2D eigenvalue weighted by atomic mass is 10.1. The fraction of sp³-hybridized carbons (Fsp3) is 0.625. The van der Waals surface area contributed by atoms with E-state index in [1.54, 1.807) is 6.08 Å². The monoisotopic (exact) mass is 220 g/mol. The Balaban J connectivity index is 2.25. The van der Waals surface area contributed by atoms with Gasteiger partial charge in [-0.05, 0) is 12.8 Å². The molecule has 1 atom stereocenters. The largest absolute Gasteiger partial charge is 0.464 e. The van der Waals surface area contributed by atoms with Gasteiger partial charge in [0.1, 0.15) is 12.4 Å². The molecular formula is C8H12O5S. The van der Waals surface area contributed by atoms with Crippen molar-refractivity contribution in [3.05, 3.63) is 12.2 Å². The topological polar surface area (TPSA) is 80.7 Å². The minimum Gasteiger partial charge on any atom is -0.464 e. The van der Waals surface area contributed by atoms with Gasteiger partial charge in [-0.3, -0.25) is 9.35 Å². The normalized spacial score (nSPS) is 21.1. The van der Waals surface area contributed by atoms with Crippen LogP contribution in [0.15, 0.2) is 12.2 Å². The van der Waals surface area contributed by atoms with Gasteiger partial charge in [-0.25, -0.2) is 0 Å². The third kappa shape index (κ3) is 3.89. The van der Waals surface area contributed by atoms with Gasteiger partial charge < -0.3 is 4.74 Å². The Morgan fingerprint density at radius 3 is 2.79 bits per heavy atom. The zero-order valence-electron chi connectivity index (χ0n) is 7.55. The molecule has 1 aliphatic rings. The first-order valence-corrected chi connectivity index (χ1v) is 5.88. The van der Waals surface area contributed by atoms with E-state index in [4.69, 9.17) is 4.55 Å². The molecule has 1 aliphatic carbocycles. The first-order chi connectivity index (χ1) is 6.49. The summed E-state index contributed by atoms with van der Waals surface area (Å²) in [6.45, 7) is -0.290. The van der Waals surface area contributed by atoms with Gasteiger partial charge in [-0.2, -0.15) is 8.42 Å².